The lowest BCUT2D eigenvalue weighted by Gasteiger charge is -2.06. The molecule has 0 aliphatic heterocycles. The SMILES string of the molecule is CSC(=Nc1ccc(F)cc1)Nn1cnnc1. The molecule has 0 amide bonds. The molecular weight excluding hydrogens is 241 g/mol. The Morgan fingerprint density at radius 2 is 1.94 bits per heavy atom. The Kier molecular flexibility index (Phi) is 3.71. The molecule has 1 N–H and O–H groups in total. The molecule has 0 aliphatic carbocycles. The van der Waals surface area contributed by atoms with Crippen LogP contribution >= 0.6 is 11.8 Å². The molecule has 0 fully saturated rings. The Morgan fingerprint density at radius 1 is 1.29 bits per heavy atom. The highest BCUT2D eigenvalue weighted by molar-refractivity contribution is 8.13. The van der Waals surface area contributed by atoms with Crippen molar-refractivity contribution in [2.24, 2.45) is 4.99 Å². The average Bonchev–Trinajstić information content (AvgIpc) is 2.84. The molecule has 5 nitrogen and oxygen atoms in total. The van der Waals surface area contributed by atoms with Crippen LogP contribution in [0.15, 0.2) is 41.9 Å². The number of nitrogens with one attached hydrogen (secondary N) is 1. The van der Waals surface area contributed by atoms with Crippen LogP contribution in [0.25, 0.3) is 0 Å². The molecule has 88 valence electrons. The summed E-state index contributed by atoms with van der Waals surface area (Å²) in [5.41, 5.74) is 3.66. The molecule has 0 saturated heterocycles. The van der Waals surface area contributed by atoms with Gasteiger partial charge in [0.1, 0.15) is 18.5 Å². The first-order chi connectivity index (χ1) is 8.28. The second kappa shape index (κ2) is 5.44. The molecular formula is C10H10FN5S. The molecule has 7 heteroatoms. The molecule has 0 unspecified atom stereocenters. The van der Waals surface area contributed by atoms with Crippen molar-refractivity contribution in [3.05, 3.63) is 42.7 Å². The molecule has 1 heterocycles. The van der Waals surface area contributed by atoms with Gasteiger partial charge in [-0.2, -0.15) is 0 Å². The van der Waals surface area contributed by atoms with Crippen LogP contribution in [-0.4, -0.2) is 26.3 Å². The summed E-state index contributed by atoms with van der Waals surface area (Å²) in [6.07, 6.45) is 4.94. The van der Waals surface area contributed by atoms with Crippen LogP contribution in [0.2, 0.25) is 0 Å². The van der Waals surface area contributed by atoms with E-state index < -0.39 is 0 Å². The summed E-state index contributed by atoms with van der Waals surface area (Å²) in [6, 6.07) is 5.96. The Morgan fingerprint density at radius 3 is 2.53 bits per heavy atom. The number of nitrogens with zero attached hydrogens (tertiary/aromatic N) is 4. The fraction of sp³-hybridized carbons (Fsp3) is 0.100. The molecule has 0 aliphatic rings. The molecule has 1 aromatic heterocycles. The van der Waals surface area contributed by atoms with Gasteiger partial charge in [-0.25, -0.2) is 14.1 Å². The third-order valence-electron chi connectivity index (χ3n) is 1.89. The lowest BCUT2D eigenvalue weighted by atomic mass is 10.3. The van der Waals surface area contributed by atoms with Crippen molar-refractivity contribution in [2.75, 3.05) is 11.7 Å². The minimum Gasteiger partial charge on any atom is -0.270 e. The summed E-state index contributed by atoms with van der Waals surface area (Å²) >= 11 is 1.44. The van der Waals surface area contributed by atoms with E-state index in [2.05, 4.69) is 20.6 Å². The first-order valence-electron chi connectivity index (χ1n) is 4.78. The van der Waals surface area contributed by atoms with E-state index in [-0.39, 0.29) is 5.82 Å². The zero-order valence-electron chi connectivity index (χ0n) is 9.04. The quantitative estimate of drug-likeness (QED) is 0.655. The maximum absolute atomic E-state index is 12.7. The molecule has 0 atom stereocenters. The van der Waals surface area contributed by atoms with E-state index in [1.165, 1.54) is 36.5 Å². The van der Waals surface area contributed by atoms with E-state index in [0.29, 0.717) is 10.9 Å². The number of halogens is 1. The number of amidine groups is 1. The van der Waals surface area contributed by atoms with E-state index in [1.807, 2.05) is 6.26 Å². The molecule has 0 radical (unpaired) electrons. The second-order valence-electron chi connectivity index (χ2n) is 3.08. The van der Waals surface area contributed by atoms with Crippen molar-refractivity contribution < 1.29 is 4.39 Å². The molecule has 2 aromatic rings. The maximum atomic E-state index is 12.7. The van der Waals surface area contributed by atoms with Crippen molar-refractivity contribution in [2.45, 2.75) is 0 Å². The van der Waals surface area contributed by atoms with Gasteiger partial charge in [-0.3, -0.25) is 5.43 Å². The average molecular weight is 251 g/mol. The fourth-order valence-electron chi connectivity index (χ4n) is 1.12. The highest BCUT2D eigenvalue weighted by atomic mass is 32.2. The number of hydrogen-bond acceptors (Lipinski definition) is 4. The Hall–Kier alpha value is -1.89. The van der Waals surface area contributed by atoms with Crippen molar-refractivity contribution >= 4 is 22.6 Å². The van der Waals surface area contributed by atoms with Crippen molar-refractivity contribution in [1.29, 1.82) is 0 Å². The summed E-state index contributed by atoms with van der Waals surface area (Å²) in [4.78, 5) is 4.32. The van der Waals surface area contributed by atoms with E-state index in [1.54, 1.807) is 16.8 Å². The standard InChI is InChI=1S/C10H10FN5S/c1-17-10(15-16-6-12-13-7-16)14-9-4-2-8(11)3-5-9/h2-7H,1H3,(H,14,15). The van der Waals surface area contributed by atoms with E-state index in [0.717, 1.165) is 0 Å². The van der Waals surface area contributed by atoms with Gasteiger partial charge in [-0.1, -0.05) is 11.8 Å². The molecule has 1 aromatic carbocycles. The molecule has 0 spiro atoms. The number of benzene rings is 1. The Labute approximate surface area is 102 Å². The largest absolute Gasteiger partial charge is 0.270 e. The first kappa shape index (κ1) is 11.6. The van der Waals surface area contributed by atoms with Crippen LogP contribution in [0.1, 0.15) is 0 Å². The third kappa shape index (κ3) is 3.28. The minimum atomic E-state index is -0.276. The topological polar surface area (TPSA) is 55.1 Å². The molecule has 17 heavy (non-hydrogen) atoms. The summed E-state index contributed by atoms with van der Waals surface area (Å²) in [5.74, 6) is -0.276. The molecule has 0 saturated carbocycles. The number of rotatable bonds is 2. The monoisotopic (exact) mass is 251 g/mol. The van der Waals surface area contributed by atoms with Crippen molar-refractivity contribution in [3.63, 3.8) is 0 Å². The fourth-order valence-corrected chi connectivity index (χ4v) is 1.51. The summed E-state index contributed by atoms with van der Waals surface area (Å²) in [7, 11) is 0. The van der Waals surface area contributed by atoms with Gasteiger partial charge >= 0.3 is 0 Å². The van der Waals surface area contributed by atoms with Gasteiger partial charge < -0.3 is 0 Å². The first-order valence-corrected chi connectivity index (χ1v) is 6.00. The molecule has 0 bridgehead atoms. The highest BCUT2D eigenvalue weighted by Crippen LogP contribution is 2.14. The van der Waals surface area contributed by atoms with Gasteiger partial charge in [0.05, 0.1) is 5.69 Å². The van der Waals surface area contributed by atoms with Crippen LogP contribution < -0.4 is 5.43 Å². The van der Waals surface area contributed by atoms with Crippen LogP contribution in [0.3, 0.4) is 0 Å². The van der Waals surface area contributed by atoms with E-state index in [4.69, 9.17) is 0 Å². The van der Waals surface area contributed by atoms with Gasteiger partial charge in [-0.05, 0) is 30.5 Å². The maximum Gasteiger partial charge on any atom is 0.180 e. The number of aliphatic imine (C=N–C) groups is 1. The van der Waals surface area contributed by atoms with E-state index >= 15 is 0 Å². The van der Waals surface area contributed by atoms with Gasteiger partial charge in [-0.15, -0.1) is 10.2 Å². The third-order valence-corrected chi connectivity index (χ3v) is 2.46. The van der Waals surface area contributed by atoms with Crippen LogP contribution in [0, 0.1) is 5.82 Å². The normalized spacial score (nSPS) is 11.5. The number of thioether (sulfide) groups is 1. The van der Waals surface area contributed by atoms with Gasteiger partial charge in [0.25, 0.3) is 0 Å². The predicted octanol–water partition coefficient (Wildman–Crippen LogP) is 2.01. The lowest BCUT2D eigenvalue weighted by molar-refractivity contribution is 0.628. The molecule has 2 rings (SSSR count). The summed E-state index contributed by atoms with van der Waals surface area (Å²) in [6.45, 7) is 0. The smallest absolute Gasteiger partial charge is 0.180 e. The predicted molar refractivity (Wildman–Crippen MR) is 66.4 cm³/mol. The minimum absolute atomic E-state index is 0.276. The second-order valence-corrected chi connectivity index (χ2v) is 3.87. The number of aromatic nitrogens is 3. The van der Waals surface area contributed by atoms with Gasteiger partial charge in [0, 0.05) is 0 Å². The van der Waals surface area contributed by atoms with Crippen LogP contribution in [0.5, 0.6) is 0 Å². The number of hydrogen-bond donors (Lipinski definition) is 1. The van der Waals surface area contributed by atoms with Crippen LogP contribution in [0.4, 0.5) is 10.1 Å². The highest BCUT2D eigenvalue weighted by Gasteiger charge is 1.99. The summed E-state index contributed by atoms with van der Waals surface area (Å²) in [5, 5.41) is 7.99. The summed E-state index contributed by atoms with van der Waals surface area (Å²) < 4.78 is 14.3. The van der Waals surface area contributed by atoms with Crippen LogP contribution in [-0.2, 0) is 0 Å². The van der Waals surface area contributed by atoms with Crippen molar-refractivity contribution in [3.8, 4) is 0 Å². The van der Waals surface area contributed by atoms with Crippen molar-refractivity contribution in [1.82, 2.24) is 14.9 Å². The Balaban J connectivity index is 2.14. The zero-order valence-corrected chi connectivity index (χ0v) is 9.86. The van der Waals surface area contributed by atoms with E-state index in [9.17, 15) is 4.39 Å². The van der Waals surface area contributed by atoms with Gasteiger partial charge in [0.2, 0.25) is 0 Å². The zero-order chi connectivity index (χ0) is 12.1. The lowest BCUT2D eigenvalue weighted by Crippen LogP contribution is -2.18. The Bertz CT molecular complexity index is 494. The van der Waals surface area contributed by atoms with Gasteiger partial charge in [0.15, 0.2) is 5.17 Å².